The minimum atomic E-state index is -0.557. The molecule has 3 N–H and O–H groups in total. The predicted octanol–water partition coefficient (Wildman–Crippen LogP) is -0.0323. The standard InChI is InChI=1S/C11H15N3O2/c1-14(2)9-5-3-8(4-6-9)11(16)13-7-10(12)15/h3-6H,7H2,1-2H3,(H2,12,15)(H,13,16). The van der Waals surface area contributed by atoms with Gasteiger partial charge in [0.05, 0.1) is 6.54 Å². The van der Waals surface area contributed by atoms with E-state index in [1.165, 1.54) is 0 Å². The SMILES string of the molecule is CN(C)c1ccc(C(=O)NCC(N)=O)cc1. The monoisotopic (exact) mass is 221 g/mol. The van der Waals surface area contributed by atoms with Crippen LogP contribution < -0.4 is 16.0 Å². The van der Waals surface area contributed by atoms with E-state index in [0.29, 0.717) is 5.56 Å². The molecule has 0 bridgehead atoms. The number of carbonyl (C=O) groups excluding carboxylic acids is 2. The number of carbonyl (C=O) groups is 2. The van der Waals surface area contributed by atoms with Crippen LogP contribution in [0.15, 0.2) is 24.3 Å². The van der Waals surface area contributed by atoms with Gasteiger partial charge in [-0.1, -0.05) is 0 Å². The average Bonchev–Trinajstić information content (AvgIpc) is 2.26. The summed E-state index contributed by atoms with van der Waals surface area (Å²) in [4.78, 5) is 23.9. The second kappa shape index (κ2) is 5.16. The van der Waals surface area contributed by atoms with Gasteiger partial charge in [0.1, 0.15) is 0 Å². The van der Waals surface area contributed by atoms with Gasteiger partial charge in [0, 0.05) is 25.3 Å². The molecule has 86 valence electrons. The Kier molecular flexibility index (Phi) is 3.88. The number of hydrogen-bond donors (Lipinski definition) is 2. The van der Waals surface area contributed by atoms with Crippen molar-refractivity contribution in [2.24, 2.45) is 5.73 Å². The fraction of sp³-hybridized carbons (Fsp3) is 0.273. The first-order chi connectivity index (χ1) is 7.50. The van der Waals surface area contributed by atoms with Crippen molar-refractivity contribution in [1.29, 1.82) is 0 Å². The Labute approximate surface area is 94.2 Å². The molecule has 5 nitrogen and oxygen atoms in total. The van der Waals surface area contributed by atoms with E-state index in [1.54, 1.807) is 12.1 Å². The normalized spacial score (nSPS) is 9.62. The summed E-state index contributed by atoms with van der Waals surface area (Å²) in [7, 11) is 3.84. The number of nitrogens with two attached hydrogens (primary N) is 1. The smallest absolute Gasteiger partial charge is 0.251 e. The zero-order valence-electron chi connectivity index (χ0n) is 9.36. The molecule has 1 aromatic carbocycles. The summed E-state index contributed by atoms with van der Waals surface area (Å²) in [5.74, 6) is -0.859. The van der Waals surface area contributed by atoms with E-state index in [9.17, 15) is 9.59 Å². The Morgan fingerprint density at radius 2 is 1.81 bits per heavy atom. The third-order valence-corrected chi connectivity index (χ3v) is 2.07. The molecule has 1 aromatic rings. The number of nitrogens with zero attached hydrogens (tertiary/aromatic N) is 1. The zero-order valence-corrected chi connectivity index (χ0v) is 9.36. The van der Waals surface area contributed by atoms with Gasteiger partial charge < -0.3 is 16.0 Å². The van der Waals surface area contributed by atoms with Crippen LogP contribution in [-0.4, -0.2) is 32.5 Å². The van der Waals surface area contributed by atoms with Gasteiger partial charge in [-0.3, -0.25) is 9.59 Å². The van der Waals surface area contributed by atoms with Crippen molar-refractivity contribution in [1.82, 2.24) is 5.32 Å². The highest BCUT2D eigenvalue weighted by Gasteiger charge is 2.06. The second-order valence-electron chi connectivity index (χ2n) is 3.59. The fourth-order valence-corrected chi connectivity index (χ4v) is 1.18. The van der Waals surface area contributed by atoms with Gasteiger partial charge >= 0.3 is 0 Å². The number of amides is 2. The quantitative estimate of drug-likeness (QED) is 0.749. The van der Waals surface area contributed by atoms with Crippen molar-refractivity contribution in [3.63, 3.8) is 0 Å². The molecule has 5 heteroatoms. The van der Waals surface area contributed by atoms with E-state index in [4.69, 9.17) is 5.73 Å². The number of rotatable bonds is 4. The van der Waals surface area contributed by atoms with E-state index >= 15 is 0 Å². The average molecular weight is 221 g/mol. The molecule has 0 aromatic heterocycles. The Hall–Kier alpha value is -2.04. The lowest BCUT2D eigenvalue weighted by Crippen LogP contribution is -2.33. The second-order valence-corrected chi connectivity index (χ2v) is 3.59. The summed E-state index contributed by atoms with van der Waals surface area (Å²) in [6.07, 6.45) is 0. The lowest BCUT2D eigenvalue weighted by atomic mass is 10.2. The maximum Gasteiger partial charge on any atom is 0.251 e. The van der Waals surface area contributed by atoms with Crippen molar-refractivity contribution in [3.8, 4) is 0 Å². The van der Waals surface area contributed by atoms with Crippen LogP contribution in [0, 0.1) is 0 Å². The largest absolute Gasteiger partial charge is 0.378 e. The summed E-state index contributed by atoms with van der Waals surface area (Å²) < 4.78 is 0. The molecule has 0 spiro atoms. The van der Waals surface area contributed by atoms with Crippen molar-refractivity contribution in [2.45, 2.75) is 0 Å². The van der Waals surface area contributed by atoms with Gasteiger partial charge in [-0.15, -0.1) is 0 Å². The van der Waals surface area contributed by atoms with Gasteiger partial charge in [-0.25, -0.2) is 0 Å². The Balaban J connectivity index is 2.66. The Morgan fingerprint density at radius 1 is 1.25 bits per heavy atom. The zero-order chi connectivity index (χ0) is 12.1. The third-order valence-electron chi connectivity index (χ3n) is 2.07. The van der Waals surface area contributed by atoms with E-state index in [0.717, 1.165) is 5.69 Å². The van der Waals surface area contributed by atoms with Crippen molar-refractivity contribution >= 4 is 17.5 Å². The molecule has 2 amide bonds. The summed E-state index contributed by atoms with van der Waals surface area (Å²) in [6.45, 7) is -0.145. The maximum atomic E-state index is 11.5. The Bertz CT molecular complexity index is 385. The van der Waals surface area contributed by atoms with Crippen LogP contribution in [0.2, 0.25) is 0 Å². The number of anilines is 1. The number of hydrogen-bond acceptors (Lipinski definition) is 3. The van der Waals surface area contributed by atoms with E-state index in [-0.39, 0.29) is 12.5 Å². The summed E-state index contributed by atoms with van der Waals surface area (Å²) >= 11 is 0. The molecule has 0 heterocycles. The fourth-order valence-electron chi connectivity index (χ4n) is 1.18. The van der Waals surface area contributed by atoms with Crippen LogP contribution in [0.3, 0.4) is 0 Å². The first kappa shape index (κ1) is 12.0. The molecule has 1 rings (SSSR count). The third kappa shape index (κ3) is 3.27. The molecule has 0 radical (unpaired) electrons. The summed E-state index contributed by atoms with van der Waals surface area (Å²) in [6, 6.07) is 7.07. The van der Waals surface area contributed by atoms with Gasteiger partial charge in [-0.2, -0.15) is 0 Å². The van der Waals surface area contributed by atoms with Crippen LogP contribution in [0.4, 0.5) is 5.69 Å². The lowest BCUT2D eigenvalue weighted by Gasteiger charge is -2.12. The molecule has 16 heavy (non-hydrogen) atoms. The maximum absolute atomic E-state index is 11.5. The van der Waals surface area contributed by atoms with Gasteiger partial charge in [0.25, 0.3) is 5.91 Å². The van der Waals surface area contributed by atoms with Gasteiger partial charge in [0.15, 0.2) is 0 Å². The first-order valence-corrected chi connectivity index (χ1v) is 4.84. The molecule has 0 unspecified atom stereocenters. The lowest BCUT2D eigenvalue weighted by molar-refractivity contribution is -0.117. The van der Waals surface area contributed by atoms with Gasteiger partial charge in [-0.05, 0) is 24.3 Å². The minimum Gasteiger partial charge on any atom is -0.378 e. The van der Waals surface area contributed by atoms with E-state index < -0.39 is 5.91 Å². The molecule has 0 fully saturated rings. The molecule has 0 saturated carbocycles. The molecular formula is C11H15N3O2. The highest BCUT2D eigenvalue weighted by atomic mass is 16.2. The van der Waals surface area contributed by atoms with Crippen molar-refractivity contribution in [3.05, 3.63) is 29.8 Å². The van der Waals surface area contributed by atoms with Crippen LogP contribution in [0.1, 0.15) is 10.4 Å². The van der Waals surface area contributed by atoms with E-state index in [2.05, 4.69) is 5.32 Å². The molecule has 0 aliphatic rings. The highest BCUT2D eigenvalue weighted by Crippen LogP contribution is 2.11. The van der Waals surface area contributed by atoms with Crippen LogP contribution in [0.5, 0.6) is 0 Å². The van der Waals surface area contributed by atoms with Gasteiger partial charge in [0.2, 0.25) is 5.91 Å². The number of primary amides is 1. The Morgan fingerprint density at radius 3 is 2.25 bits per heavy atom. The molecule has 0 aliphatic heterocycles. The van der Waals surface area contributed by atoms with Crippen LogP contribution >= 0.6 is 0 Å². The summed E-state index contributed by atoms with van der Waals surface area (Å²) in [5, 5.41) is 2.42. The molecule has 0 saturated heterocycles. The minimum absolute atomic E-state index is 0.145. The molecule has 0 aliphatic carbocycles. The molecular weight excluding hydrogens is 206 g/mol. The van der Waals surface area contributed by atoms with Crippen LogP contribution in [-0.2, 0) is 4.79 Å². The topological polar surface area (TPSA) is 75.4 Å². The molecule has 0 atom stereocenters. The number of nitrogens with one attached hydrogen (secondary N) is 1. The summed E-state index contributed by atoms with van der Waals surface area (Å²) in [5.41, 5.74) is 6.43. The highest BCUT2D eigenvalue weighted by molar-refractivity contribution is 5.96. The first-order valence-electron chi connectivity index (χ1n) is 4.84. The predicted molar refractivity (Wildman–Crippen MR) is 62.3 cm³/mol. The van der Waals surface area contributed by atoms with E-state index in [1.807, 2.05) is 31.1 Å². The van der Waals surface area contributed by atoms with Crippen molar-refractivity contribution < 1.29 is 9.59 Å². The van der Waals surface area contributed by atoms with Crippen molar-refractivity contribution in [2.75, 3.05) is 25.5 Å². The van der Waals surface area contributed by atoms with Crippen LogP contribution in [0.25, 0.3) is 0 Å². The number of benzene rings is 1.